The molecule has 7 heteroatoms. The summed E-state index contributed by atoms with van der Waals surface area (Å²) in [4.78, 5) is 10.2. The number of methoxy groups -OCH3 is 1. The van der Waals surface area contributed by atoms with Gasteiger partial charge in [0.25, 0.3) is 5.69 Å². The monoisotopic (exact) mass is 292 g/mol. The van der Waals surface area contributed by atoms with Crippen molar-refractivity contribution in [1.29, 1.82) is 0 Å². The topological polar surface area (TPSA) is 87.6 Å². The molecule has 2 aromatic carbocycles. The predicted octanol–water partition coefficient (Wildman–Crippen LogP) is 2.99. The van der Waals surface area contributed by atoms with Gasteiger partial charge >= 0.3 is 0 Å². The highest BCUT2D eigenvalue weighted by Crippen LogP contribution is 2.35. The average molecular weight is 292 g/mol. The zero-order valence-electron chi connectivity index (χ0n) is 11.2. The third kappa shape index (κ3) is 3.26. The van der Waals surface area contributed by atoms with Crippen molar-refractivity contribution in [1.82, 2.24) is 0 Å². The molecule has 110 valence electrons. The summed E-state index contributed by atoms with van der Waals surface area (Å²) in [5.74, 6) is 0.436. The number of hydrogen-bond donors (Lipinski definition) is 1. The van der Waals surface area contributed by atoms with Gasteiger partial charge in [-0.25, -0.2) is 4.39 Å². The SMILES string of the molecule is COc1cc([N+](=O)[O-])ccc1Oc1ccc(F)cc1CN. The first-order chi connectivity index (χ1) is 10.0. The van der Waals surface area contributed by atoms with Crippen molar-refractivity contribution >= 4 is 5.69 Å². The van der Waals surface area contributed by atoms with Crippen molar-refractivity contribution in [3.05, 3.63) is 57.9 Å². The lowest BCUT2D eigenvalue weighted by Gasteiger charge is -2.12. The van der Waals surface area contributed by atoms with Gasteiger partial charge in [0.15, 0.2) is 11.5 Å². The van der Waals surface area contributed by atoms with Gasteiger partial charge in [-0.15, -0.1) is 0 Å². The Bertz CT molecular complexity index is 676. The van der Waals surface area contributed by atoms with Crippen LogP contribution in [0, 0.1) is 15.9 Å². The van der Waals surface area contributed by atoms with Gasteiger partial charge in [-0.3, -0.25) is 10.1 Å². The molecular weight excluding hydrogens is 279 g/mol. The first kappa shape index (κ1) is 14.7. The number of nitrogens with two attached hydrogens (primary N) is 1. The van der Waals surface area contributed by atoms with Crippen LogP contribution in [-0.2, 0) is 6.54 Å². The Hall–Kier alpha value is -2.67. The Morgan fingerprint density at radius 3 is 2.52 bits per heavy atom. The van der Waals surface area contributed by atoms with Gasteiger partial charge in [0.05, 0.1) is 18.1 Å². The third-order valence-corrected chi connectivity index (χ3v) is 2.82. The van der Waals surface area contributed by atoms with Crippen molar-refractivity contribution in [3.63, 3.8) is 0 Å². The van der Waals surface area contributed by atoms with E-state index < -0.39 is 10.7 Å². The summed E-state index contributed by atoms with van der Waals surface area (Å²) in [6, 6.07) is 7.92. The Morgan fingerprint density at radius 2 is 1.90 bits per heavy atom. The Balaban J connectivity index is 2.37. The van der Waals surface area contributed by atoms with Crippen LogP contribution in [0.3, 0.4) is 0 Å². The predicted molar refractivity (Wildman–Crippen MR) is 74.0 cm³/mol. The van der Waals surface area contributed by atoms with Crippen molar-refractivity contribution in [2.24, 2.45) is 5.73 Å². The van der Waals surface area contributed by atoms with E-state index in [1.165, 1.54) is 43.5 Å². The largest absolute Gasteiger partial charge is 0.493 e. The van der Waals surface area contributed by atoms with E-state index in [1.807, 2.05) is 0 Å². The molecule has 0 saturated heterocycles. The second-order valence-corrected chi connectivity index (χ2v) is 4.15. The number of nitro benzene ring substituents is 1. The number of rotatable bonds is 5. The number of ether oxygens (including phenoxy) is 2. The molecule has 0 fully saturated rings. The van der Waals surface area contributed by atoms with Gasteiger partial charge in [0.2, 0.25) is 0 Å². The Kier molecular flexibility index (Phi) is 4.34. The van der Waals surface area contributed by atoms with E-state index in [4.69, 9.17) is 15.2 Å². The molecule has 21 heavy (non-hydrogen) atoms. The number of nitrogens with zero attached hydrogens (tertiary/aromatic N) is 1. The molecular formula is C14H13FN2O4. The van der Waals surface area contributed by atoms with Crippen LogP contribution in [0.4, 0.5) is 10.1 Å². The maximum atomic E-state index is 13.1. The highest BCUT2D eigenvalue weighted by Gasteiger charge is 2.14. The summed E-state index contributed by atoms with van der Waals surface area (Å²) in [5, 5.41) is 10.7. The Labute approximate surface area is 120 Å². The van der Waals surface area contributed by atoms with Crippen LogP contribution in [0.25, 0.3) is 0 Å². The lowest BCUT2D eigenvalue weighted by molar-refractivity contribution is -0.384. The van der Waals surface area contributed by atoms with E-state index in [0.29, 0.717) is 11.3 Å². The van der Waals surface area contributed by atoms with E-state index >= 15 is 0 Å². The summed E-state index contributed by atoms with van der Waals surface area (Å²) < 4.78 is 23.8. The highest BCUT2D eigenvalue weighted by atomic mass is 19.1. The van der Waals surface area contributed by atoms with Gasteiger partial charge in [-0.05, 0) is 24.3 Å². The molecule has 0 aliphatic carbocycles. The molecule has 0 unspecified atom stereocenters. The normalized spacial score (nSPS) is 10.2. The quantitative estimate of drug-likeness (QED) is 0.676. The molecule has 0 saturated carbocycles. The maximum Gasteiger partial charge on any atom is 0.273 e. The molecule has 6 nitrogen and oxygen atoms in total. The number of non-ortho nitro benzene ring substituents is 1. The molecule has 0 heterocycles. The van der Waals surface area contributed by atoms with E-state index in [0.717, 1.165) is 0 Å². The lowest BCUT2D eigenvalue weighted by Crippen LogP contribution is -2.01. The molecule has 2 N–H and O–H groups in total. The van der Waals surface area contributed by atoms with Crippen molar-refractivity contribution in [2.45, 2.75) is 6.54 Å². The van der Waals surface area contributed by atoms with E-state index in [2.05, 4.69) is 0 Å². The van der Waals surface area contributed by atoms with E-state index in [1.54, 1.807) is 0 Å². The van der Waals surface area contributed by atoms with Crippen LogP contribution in [-0.4, -0.2) is 12.0 Å². The molecule has 0 aliphatic rings. The zero-order valence-corrected chi connectivity index (χ0v) is 11.2. The van der Waals surface area contributed by atoms with Crippen LogP contribution in [0.5, 0.6) is 17.2 Å². The van der Waals surface area contributed by atoms with Gasteiger partial charge in [-0.1, -0.05) is 0 Å². The van der Waals surface area contributed by atoms with Crippen LogP contribution >= 0.6 is 0 Å². The molecule has 2 rings (SSSR count). The molecule has 0 spiro atoms. The molecule has 0 amide bonds. The van der Waals surface area contributed by atoms with E-state index in [9.17, 15) is 14.5 Å². The second kappa shape index (κ2) is 6.19. The fraction of sp³-hybridized carbons (Fsp3) is 0.143. The number of halogens is 1. The van der Waals surface area contributed by atoms with Crippen molar-refractivity contribution in [2.75, 3.05) is 7.11 Å². The first-order valence-corrected chi connectivity index (χ1v) is 6.04. The van der Waals surface area contributed by atoms with Crippen LogP contribution in [0.2, 0.25) is 0 Å². The smallest absolute Gasteiger partial charge is 0.273 e. The fourth-order valence-electron chi connectivity index (χ4n) is 1.78. The van der Waals surface area contributed by atoms with Gasteiger partial charge in [0, 0.05) is 18.2 Å². The molecule has 0 aromatic heterocycles. The molecule has 0 atom stereocenters. The second-order valence-electron chi connectivity index (χ2n) is 4.15. The molecule has 0 aliphatic heterocycles. The maximum absolute atomic E-state index is 13.1. The van der Waals surface area contributed by atoms with Crippen molar-refractivity contribution in [3.8, 4) is 17.2 Å². The Morgan fingerprint density at radius 1 is 1.19 bits per heavy atom. The lowest BCUT2D eigenvalue weighted by atomic mass is 10.2. The number of benzene rings is 2. The van der Waals surface area contributed by atoms with Gasteiger partial charge in [-0.2, -0.15) is 0 Å². The van der Waals surface area contributed by atoms with Crippen molar-refractivity contribution < 1.29 is 18.8 Å². The standard InChI is InChI=1S/C14H13FN2O4/c1-20-14-7-11(17(18)19)3-5-13(14)21-12-4-2-10(15)6-9(12)8-16/h2-7H,8,16H2,1H3. The third-order valence-electron chi connectivity index (χ3n) is 2.82. The fourth-order valence-corrected chi connectivity index (χ4v) is 1.78. The number of hydrogen-bond acceptors (Lipinski definition) is 5. The number of nitro groups is 1. The van der Waals surface area contributed by atoms with Crippen LogP contribution < -0.4 is 15.2 Å². The summed E-state index contributed by atoms with van der Waals surface area (Å²) in [5.41, 5.74) is 5.91. The average Bonchev–Trinajstić information content (AvgIpc) is 2.49. The summed E-state index contributed by atoms with van der Waals surface area (Å²) in [6.07, 6.45) is 0. The van der Waals surface area contributed by atoms with Gasteiger partial charge in [0.1, 0.15) is 11.6 Å². The van der Waals surface area contributed by atoms with Crippen LogP contribution in [0.15, 0.2) is 36.4 Å². The highest BCUT2D eigenvalue weighted by molar-refractivity contribution is 5.51. The van der Waals surface area contributed by atoms with E-state index in [-0.39, 0.29) is 23.7 Å². The molecule has 2 aromatic rings. The summed E-state index contributed by atoms with van der Waals surface area (Å²) >= 11 is 0. The summed E-state index contributed by atoms with van der Waals surface area (Å²) in [7, 11) is 1.38. The molecule has 0 bridgehead atoms. The minimum Gasteiger partial charge on any atom is -0.493 e. The minimum atomic E-state index is -0.532. The zero-order chi connectivity index (χ0) is 15.4. The first-order valence-electron chi connectivity index (χ1n) is 6.04. The molecule has 0 radical (unpaired) electrons. The van der Waals surface area contributed by atoms with Crippen LogP contribution in [0.1, 0.15) is 5.56 Å². The van der Waals surface area contributed by atoms with Gasteiger partial charge < -0.3 is 15.2 Å². The summed E-state index contributed by atoms with van der Waals surface area (Å²) in [6.45, 7) is 0.0996. The minimum absolute atomic E-state index is 0.0996.